The normalized spacial score (nSPS) is 9.62. The number of carboxylic acid groups (broad SMARTS) is 1. The maximum Gasteiger partial charge on any atom is 0.305 e. The molecule has 70 valence electrons. The minimum Gasteiger partial charge on any atom is -0.481 e. The molecule has 0 unspecified atom stereocenters. The molecule has 0 spiro atoms. The number of halogens is 1. The predicted molar refractivity (Wildman–Crippen MR) is 50.0 cm³/mol. The van der Waals surface area contributed by atoms with E-state index in [0.717, 1.165) is 0 Å². The quantitative estimate of drug-likeness (QED) is 0.776. The van der Waals surface area contributed by atoms with Crippen LogP contribution in [0.1, 0.15) is 6.42 Å². The monoisotopic (exact) mass is 200 g/mol. The second-order valence-electron chi connectivity index (χ2n) is 2.43. The molecule has 4 nitrogen and oxygen atoms in total. The zero-order chi connectivity index (χ0) is 9.68. The van der Waals surface area contributed by atoms with Crippen LogP contribution in [0, 0.1) is 0 Å². The third-order valence-electron chi connectivity index (χ3n) is 1.43. The lowest BCUT2D eigenvalue weighted by Gasteiger charge is -2.05. The van der Waals surface area contributed by atoms with Gasteiger partial charge in [0.05, 0.1) is 17.1 Å². The van der Waals surface area contributed by atoms with Crippen molar-refractivity contribution in [1.82, 2.24) is 4.98 Å². The summed E-state index contributed by atoms with van der Waals surface area (Å²) in [6, 6.07) is 1.70. The van der Waals surface area contributed by atoms with Crippen LogP contribution in [0.3, 0.4) is 0 Å². The Morgan fingerprint density at radius 2 is 2.46 bits per heavy atom. The predicted octanol–water partition coefficient (Wildman–Crippen LogP) is 1.62. The van der Waals surface area contributed by atoms with Gasteiger partial charge >= 0.3 is 5.97 Å². The van der Waals surface area contributed by atoms with E-state index < -0.39 is 5.97 Å². The van der Waals surface area contributed by atoms with Gasteiger partial charge in [0.2, 0.25) is 0 Å². The Labute approximate surface area is 80.6 Å². The lowest BCUT2D eigenvalue weighted by Crippen LogP contribution is -2.07. The highest BCUT2D eigenvalue weighted by atomic mass is 35.5. The Hall–Kier alpha value is -1.29. The minimum atomic E-state index is -0.835. The molecule has 0 bridgehead atoms. The molecule has 1 aromatic rings. The summed E-state index contributed by atoms with van der Waals surface area (Å²) in [5.41, 5.74) is 0.706. The number of nitrogens with one attached hydrogen (secondary N) is 1. The first-order valence-corrected chi connectivity index (χ1v) is 4.13. The number of anilines is 1. The second kappa shape index (κ2) is 4.67. The maximum atomic E-state index is 10.2. The molecule has 0 aliphatic carbocycles. The molecule has 1 rings (SSSR count). The third kappa shape index (κ3) is 3.29. The summed E-state index contributed by atoms with van der Waals surface area (Å²) in [6.07, 6.45) is 3.16. The van der Waals surface area contributed by atoms with E-state index in [-0.39, 0.29) is 6.42 Å². The smallest absolute Gasteiger partial charge is 0.305 e. The maximum absolute atomic E-state index is 10.2. The van der Waals surface area contributed by atoms with E-state index in [1.54, 1.807) is 12.3 Å². The molecule has 0 saturated heterocycles. The molecule has 0 amide bonds. The van der Waals surface area contributed by atoms with Gasteiger partial charge in [-0.15, -0.1) is 0 Å². The van der Waals surface area contributed by atoms with Crippen LogP contribution in [-0.4, -0.2) is 22.6 Å². The van der Waals surface area contributed by atoms with Crippen LogP contribution >= 0.6 is 11.6 Å². The van der Waals surface area contributed by atoms with Gasteiger partial charge in [0.25, 0.3) is 0 Å². The van der Waals surface area contributed by atoms with Crippen LogP contribution < -0.4 is 5.32 Å². The fourth-order valence-corrected chi connectivity index (χ4v) is 1.01. The molecular weight excluding hydrogens is 192 g/mol. The molecule has 0 atom stereocenters. The van der Waals surface area contributed by atoms with E-state index in [9.17, 15) is 4.79 Å². The van der Waals surface area contributed by atoms with Crippen LogP contribution in [0.15, 0.2) is 18.5 Å². The van der Waals surface area contributed by atoms with Crippen LogP contribution in [0.4, 0.5) is 5.69 Å². The first-order valence-electron chi connectivity index (χ1n) is 3.75. The number of carbonyl (C=O) groups is 1. The Balaban J connectivity index is 2.45. The fourth-order valence-electron chi connectivity index (χ4n) is 0.823. The number of carboxylic acids is 1. The Bertz CT molecular complexity index is 304. The lowest BCUT2D eigenvalue weighted by molar-refractivity contribution is -0.136. The molecule has 0 aliphatic rings. The molecule has 5 heteroatoms. The van der Waals surface area contributed by atoms with E-state index >= 15 is 0 Å². The van der Waals surface area contributed by atoms with Crippen molar-refractivity contribution < 1.29 is 9.90 Å². The molecular formula is C8H9ClN2O2. The number of aliphatic carboxylic acids is 1. The van der Waals surface area contributed by atoms with Crippen molar-refractivity contribution in [1.29, 1.82) is 0 Å². The van der Waals surface area contributed by atoms with Crippen molar-refractivity contribution in [2.45, 2.75) is 6.42 Å². The summed E-state index contributed by atoms with van der Waals surface area (Å²) in [6.45, 7) is 0.360. The molecule has 0 saturated carbocycles. The van der Waals surface area contributed by atoms with E-state index in [1.165, 1.54) is 6.20 Å². The first kappa shape index (κ1) is 9.80. The van der Waals surface area contributed by atoms with Gasteiger partial charge in [-0.2, -0.15) is 0 Å². The van der Waals surface area contributed by atoms with Gasteiger partial charge in [-0.25, -0.2) is 0 Å². The average Bonchev–Trinajstić information content (AvgIpc) is 2.08. The van der Waals surface area contributed by atoms with Gasteiger partial charge in [0.1, 0.15) is 0 Å². The molecule has 0 aliphatic heterocycles. The highest BCUT2D eigenvalue weighted by Gasteiger charge is 1.99. The Kier molecular flexibility index (Phi) is 3.52. The van der Waals surface area contributed by atoms with Gasteiger partial charge in [-0.1, -0.05) is 11.6 Å². The average molecular weight is 201 g/mol. The standard InChI is InChI=1S/C8H9ClN2O2/c9-6-5-10-3-1-7(6)11-4-2-8(12)13/h1,3,5H,2,4H2,(H,10,11)(H,12,13). The number of pyridine rings is 1. The molecule has 1 aromatic heterocycles. The zero-order valence-electron chi connectivity index (χ0n) is 6.83. The summed E-state index contributed by atoms with van der Waals surface area (Å²) in [5, 5.41) is 11.8. The molecule has 0 radical (unpaired) electrons. The third-order valence-corrected chi connectivity index (χ3v) is 1.73. The molecule has 1 heterocycles. The van der Waals surface area contributed by atoms with Gasteiger partial charge < -0.3 is 10.4 Å². The van der Waals surface area contributed by atoms with Gasteiger partial charge in [0, 0.05) is 18.9 Å². The molecule has 2 N–H and O–H groups in total. The highest BCUT2D eigenvalue weighted by Crippen LogP contribution is 2.18. The highest BCUT2D eigenvalue weighted by molar-refractivity contribution is 6.33. The van der Waals surface area contributed by atoms with Crippen molar-refractivity contribution in [2.75, 3.05) is 11.9 Å². The zero-order valence-corrected chi connectivity index (χ0v) is 7.58. The van der Waals surface area contributed by atoms with Crippen molar-refractivity contribution in [3.05, 3.63) is 23.5 Å². The Morgan fingerprint density at radius 3 is 3.08 bits per heavy atom. The van der Waals surface area contributed by atoms with Crippen molar-refractivity contribution in [2.24, 2.45) is 0 Å². The molecule has 13 heavy (non-hydrogen) atoms. The lowest BCUT2D eigenvalue weighted by atomic mass is 10.3. The SMILES string of the molecule is O=C(O)CCNc1ccncc1Cl. The summed E-state index contributed by atoms with van der Waals surface area (Å²) in [4.78, 5) is 14.0. The van der Waals surface area contributed by atoms with Crippen LogP contribution in [-0.2, 0) is 4.79 Å². The molecule has 0 fully saturated rings. The fraction of sp³-hybridized carbons (Fsp3) is 0.250. The number of nitrogens with zero attached hydrogens (tertiary/aromatic N) is 1. The van der Waals surface area contributed by atoms with Gasteiger partial charge in [-0.05, 0) is 6.07 Å². The topological polar surface area (TPSA) is 62.2 Å². The van der Waals surface area contributed by atoms with Crippen molar-refractivity contribution in [3.63, 3.8) is 0 Å². The van der Waals surface area contributed by atoms with E-state index in [0.29, 0.717) is 17.3 Å². The Morgan fingerprint density at radius 1 is 1.69 bits per heavy atom. The van der Waals surface area contributed by atoms with Gasteiger partial charge in [0.15, 0.2) is 0 Å². The largest absolute Gasteiger partial charge is 0.481 e. The van der Waals surface area contributed by atoms with Crippen LogP contribution in [0.25, 0.3) is 0 Å². The molecule has 0 aromatic carbocycles. The van der Waals surface area contributed by atoms with Crippen LogP contribution in [0.2, 0.25) is 5.02 Å². The summed E-state index contributed by atoms with van der Waals surface area (Å²) < 4.78 is 0. The van der Waals surface area contributed by atoms with E-state index in [4.69, 9.17) is 16.7 Å². The first-order chi connectivity index (χ1) is 6.20. The summed E-state index contributed by atoms with van der Waals surface area (Å²) in [5.74, 6) is -0.835. The number of hydrogen-bond donors (Lipinski definition) is 2. The van der Waals surface area contributed by atoms with E-state index in [2.05, 4.69) is 10.3 Å². The van der Waals surface area contributed by atoms with Crippen LogP contribution in [0.5, 0.6) is 0 Å². The minimum absolute atomic E-state index is 0.0681. The van der Waals surface area contributed by atoms with Crippen molar-refractivity contribution >= 4 is 23.3 Å². The summed E-state index contributed by atoms with van der Waals surface area (Å²) in [7, 11) is 0. The number of rotatable bonds is 4. The summed E-state index contributed by atoms with van der Waals surface area (Å²) >= 11 is 5.77. The second-order valence-corrected chi connectivity index (χ2v) is 2.83. The number of hydrogen-bond acceptors (Lipinski definition) is 3. The van der Waals surface area contributed by atoms with E-state index in [1.807, 2.05) is 0 Å². The number of aromatic nitrogens is 1. The van der Waals surface area contributed by atoms with Crippen molar-refractivity contribution in [3.8, 4) is 0 Å². The van der Waals surface area contributed by atoms with Gasteiger partial charge in [-0.3, -0.25) is 9.78 Å².